The Hall–Kier alpha value is -0.453. The summed E-state index contributed by atoms with van der Waals surface area (Å²) in [4.78, 5) is 11.4. The monoisotopic (exact) mass is 298 g/mol. The summed E-state index contributed by atoms with van der Waals surface area (Å²) in [7, 11) is -1.94. The van der Waals surface area contributed by atoms with Crippen LogP contribution in [0, 0.1) is 11.3 Å². The number of aldehydes is 1. The summed E-state index contributed by atoms with van der Waals surface area (Å²) < 4.78 is 6.37. The van der Waals surface area contributed by atoms with Gasteiger partial charge in [0.1, 0.15) is 6.29 Å². The Morgan fingerprint density at radius 2 is 1.90 bits per heavy atom. The first-order valence-corrected chi connectivity index (χ1v) is 10.3. The molecule has 0 heterocycles. The topological polar surface area (TPSA) is 46.5 Å². The number of aliphatic hydroxyl groups is 1. The standard InChI is InChI=1S/C16H30O3Si/c1-11-12(10-17)16(5,6)14(18)9-13(11)19-20(7,8)15(2,3)4/h10,12-14,18H,1,9H2,2-8H3/t12-,13-,14+/m0/s1. The van der Waals surface area contributed by atoms with Gasteiger partial charge < -0.3 is 14.3 Å². The molecule has 0 unspecified atom stereocenters. The molecule has 116 valence electrons. The molecule has 0 saturated heterocycles. The number of hydrogen-bond donors (Lipinski definition) is 1. The van der Waals surface area contributed by atoms with Gasteiger partial charge in [0.15, 0.2) is 8.32 Å². The van der Waals surface area contributed by atoms with Crippen LogP contribution < -0.4 is 0 Å². The fraction of sp³-hybridized carbons (Fsp3) is 0.812. The predicted molar refractivity (Wildman–Crippen MR) is 85.2 cm³/mol. The van der Waals surface area contributed by atoms with Gasteiger partial charge in [-0.25, -0.2) is 0 Å². The second-order valence-corrected chi connectivity index (χ2v) is 12.9. The predicted octanol–water partition coefficient (Wildman–Crippen LogP) is 3.54. The number of carbonyl (C=O) groups is 1. The number of aliphatic hydroxyl groups excluding tert-OH is 1. The van der Waals surface area contributed by atoms with Gasteiger partial charge in [0, 0.05) is 17.8 Å². The van der Waals surface area contributed by atoms with Crippen molar-refractivity contribution >= 4 is 14.6 Å². The zero-order valence-corrected chi connectivity index (χ0v) is 15.0. The van der Waals surface area contributed by atoms with E-state index >= 15 is 0 Å². The van der Waals surface area contributed by atoms with E-state index in [0.717, 1.165) is 11.9 Å². The Labute approximate surface area is 124 Å². The lowest BCUT2D eigenvalue weighted by molar-refractivity contribution is -0.120. The van der Waals surface area contributed by atoms with Crippen LogP contribution in [0.4, 0.5) is 0 Å². The second kappa shape index (κ2) is 5.39. The highest BCUT2D eigenvalue weighted by atomic mass is 28.4. The fourth-order valence-corrected chi connectivity index (χ4v) is 3.77. The zero-order chi connectivity index (χ0) is 15.9. The normalized spacial score (nSPS) is 31.2. The Kier molecular flexibility index (Phi) is 4.74. The Bertz CT molecular complexity index is 393. The molecule has 0 spiro atoms. The highest BCUT2D eigenvalue weighted by Gasteiger charge is 2.48. The molecule has 0 aliphatic heterocycles. The van der Waals surface area contributed by atoms with E-state index in [-0.39, 0.29) is 17.1 Å². The maximum absolute atomic E-state index is 11.4. The van der Waals surface area contributed by atoms with Gasteiger partial charge in [-0.2, -0.15) is 0 Å². The molecule has 0 aromatic heterocycles. The molecular formula is C16H30O3Si. The Morgan fingerprint density at radius 3 is 2.30 bits per heavy atom. The van der Waals surface area contributed by atoms with E-state index in [1.165, 1.54) is 0 Å². The molecule has 0 amide bonds. The van der Waals surface area contributed by atoms with Gasteiger partial charge in [0.2, 0.25) is 0 Å². The molecule has 3 nitrogen and oxygen atoms in total. The molecule has 1 aliphatic carbocycles. The van der Waals surface area contributed by atoms with Gasteiger partial charge in [-0.15, -0.1) is 0 Å². The van der Waals surface area contributed by atoms with Crippen molar-refractivity contribution in [3.8, 4) is 0 Å². The van der Waals surface area contributed by atoms with Crippen LogP contribution >= 0.6 is 0 Å². The first-order valence-electron chi connectivity index (χ1n) is 7.34. The van der Waals surface area contributed by atoms with E-state index in [4.69, 9.17) is 4.43 Å². The van der Waals surface area contributed by atoms with E-state index in [0.29, 0.717) is 6.42 Å². The molecule has 1 rings (SSSR count). The third kappa shape index (κ3) is 3.07. The average Bonchev–Trinajstić information content (AvgIpc) is 2.24. The van der Waals surface area contributed by atoms with Crippen LogP contribution in [-0.4, -0.2) is 31.9 Å². The summed E-state index contributed by atoms with van der Waals surface area (Å²) in [5.41, 5.74) is 0.353. The number of rotatable bonds is 3. The van der Waals surface area contributed by atoms with Crippen molar-refractivity contribution in [2.75, 3.05) is 0 Å². The minimum absolute atomic E-state index is 0.0991. The fourth-order valence-electron chi connectivity index (χ4n) is 2.46. The van der Waals surface area contributed by atoms with E-state index in [2.05, 4.69) is 40.4 Å². The van der Waals surface area contributed by atoms with Crippen LogP contribution in [0.1, 0.15) is 41.0 Å². The maximum atomic E-state index is 11.4. The lowest BCUT2D eigenvalue weighted by atomic mass is 9.64. The first kappa shape index (κ1) is 17.6. The van der Waals surface area contributed by atoms with Crippen molar-refractivity contribution in [2.24, 2.45) is 11.3 Å². The second-order valence-electron chi connectivity index (χ2n) is 8.13. The average molecular weight is 298 g/mol. The van der Waals surface area contributed by atoms with Crippen LogP contribution in [0.2, 0.25) is 18.1 Å². The number of carbonyl (C=O) groups excluding carboxylic acids is 1. The van der Waals surface area contributed by atoms with Gasteiger partial charge in [0.25, 0.3) is 0 Å². The van der Waals surface area contributed by atoms with Crippen LogP contribution in [0.25, 0.3) is 0 Å². The molecule has 0 bridgehead atoms. The van der Waals surface area contributed by atoms with Gasteiger partial charge in [-0.1, -0.05) is 41.2 Å². The minimum atomic E-state index is -1.94. The van der Waals surface area contributed by atoms with Gasteiger partial charge >= 0.3 is 0 Å². The minimum Gasteiger partial charge on any atom is -0.410 e. The van der Waals surface area contributed by atoms with Gasteiger partial charge in [-0.3, -0.25) is 0 Å². The summed E-state index contributed by atoms with van der Waals surface area (Å²) in [6.45, 7) is 18.9. The highest BCUT2D eigenvalue weighted by molar-refractivity contribution is 6.74. The van der Waals surface area contributed by atoms with Gasteiger partial charge in [-0.05, 0) is 23.7 Å². The van der Waals surface area contributed by atoms with Crippen molar-refractivity contribution in [1.82, 2.24) is 0 Å². The maximum Gasteiger partial charge on any atom is 0.192 e. The Morgan fingerprint density at radius 1 is 1.40 bits per heavy atom. The van der Waals surface area contributed by atoms with Crippen molar-refractivity contribution in [1.29, 1.82) is 0 Å². The molecule has 0 aromatic rings. The number of hydrogen-bond acceptors (Lipinski definition) is 3. The van der Waals surface area contributed by atoms with E-state index in [1.807, 2.05) is 13.8 Å². The van der Waals surface area contributed by atoms with Crippen molar-refractivity contribution in [3.63, 3.8) is 0 Å². The van der Waals surface area contributed by atoms with Crippen molar-refractivity contribution in [2.45, 2.75) is 71.4 Å². The third-order valence-electron chi connectivity index (χ3n) is 5.29. The smallest absolute Gasteiger partial charge is 0.192 e. The lowest BCUT2D eigenvalue weighted by Gasteiger charge is -2.48. The molecule has 1 aliphatic rings. The van der Waals surface area contributed by atoms with Crippen molar-refractivity contribution < 1.29 is 14.3 Å². The van der Waals surface area contributed by atoms with Crippen LogP contribution in [-0.2, 0) is 9.22 Å². The highest BCUT2D eigenvalue weighted by Crippen LogP contribution is 2.46. The Balaban J connectivity index is 2.99. The van der Waals surface area contributed by atoms with E-state index in [1.54, 1.807) is 0 Å². The molecular weight excluding hydrogens is 268 g/mol. The summed E-state index contributed by atoms with van der Waals surface area (Å²) in [6.07, 6.45) is 0.683. The van der Waals surface area contributed by atoms with Crippen LogP contribution in [0.15, 0.2) is 12.2 Å². The van der Waals surface area contributed by atoms with Crippen LogP contribution in [0.5, 0.6) is 0 Å². The molecule has 4 heteroatoms. The zero-order valence-electron chi connectivity index (χ0n) is 14.0. The van der Waals surface area contributed by atoms with Gasteiger partial charge in [0.05, 0.1) is 12.2 Å². The molecule has 20 heavy (non-hydrogen) atoms. The summed E-state index contributed by atoms with van der Waals surface area (Å²) in [6, 6.07) is 0. The summed E-state index contributed by atoms with van der Waals surface area (Å²) in [5.74, 6) is -0.346. The van der Waals surface area contributed by atoms with E-state index in [9.17, 15) is 9.90 Å². The summed E-state index contributed by atoms with van der Waals surface area (Å²) >= 11 is 0. The molecule has 1 saturated carbocycles. The first-order chi connectivity index (χ1) is 8.84. The lowest BCUT2D eigenvalue weighted by Crippen LogP contribution is -2.52. The molecule has 0 aromatic carbocycles. The van der Waals surface area contributed by atoms with Crippen molar-refractivity contribution in [3.05, 3.63) is 12.2 Å². The third-order valence-corrected chi connectivity index (χ3v) is 9.78. The SMILES string of the molecule is C=C1[C@@H](O[Si](C)(C)C(C)(C)C)C[C@@H](O)C(C)(C)[C@H]1C=O. The van der Waals surface area contributed by atoms with E-state index < -0.39 is 19.8 Å². The van der Waals surface area contributed by atoms with Crippen LogP contribution in [0.3, 0.4) is 0 Å². The molecule has 1 N–H and O–H groups in total. The summed E-state index contributed by atoms with van der Waals surface area (Å²) in [5, 5.41) is 10.5. The molecule has 3 atom stereocenters. The molecule has 1 fully saturated rings. The quantitative estimate of drug-likeness (QED) is 0.492. The molecule has 0 radical (unpaired) electrons. The largest absolute Gasteiger partial charge is 0.410 e.